The highest BCUT2D eigenvalue weighted by atomic mass is 32.1. The molecule has 4 aromatic heterocycles. The number of para-hydroxylation sites is 4. The Hall–Kier alpha value is -7.08. The van der Waals surface area contributed by atoms with Crippen LogP contribution in [0.15, 0.2) is 180 Å². The second kappa shape index (κ2) is 11.7. The fourth-order valence-electron chi connectivity index (χ4n) is 8.50. The number of hydrogen-bond donors (Lipinski definition) is 0. The smallest absolute Gasteiger partial charge is 0.235 e. The highest BCUT2D eigenvalue weighted by Gasteiger charge is 2.22. The Balaban J connectivity index is 1.12. The summed E-state index contributed by atoms with van der Waals surface area (Å²) in [7, 11) is 0. The van der Waals surface area contributed by atoms with E-state index in [1.165, 1.54) is 42.1 Å². The number of fused-ring (bicyclic) bond motifs is 11. The van der Waals surface area contributed by atoms with Gasteiger partial charge in [0.2, 0.25) is 5.95 Å². The van der Waals surface area contributed by atoms with Crippen LogP contribution in [0, 0.1) is 0 Å². The van der Waals surface area contributed by atoms with Gasteiger partial charge < -0.3 is 4.42 Å². The molecule has 0 aliphatic rings. The van der Waals surface area contributed by atoms with E-state index in [9.17, 15) is 0 Å². The van der Waals surface area contributed by atoms with E-state index >= 15 is 0 Å². The Morgan fingerprint density at radius 3 is 2.04 bits per heavy atom. The number of rotatable bonds is 4. The standard InChI is InChI=1S/C50H29N3OS/c1-2-11-30(12-3-1)31-21-23-32(24-22-31)47-39-15-4-7-18-41(39)51-50(52-47)53-42-19-8-5-13-35(42)37-26-28-45-46(48(37)53)40-29-33(25-27-44(40)55-45)34-16-10-17-38-36-14-6-9-20-43(36)54-49(34)38/h1-29H. The van der Waals surface area contributed by atoms with Gasteiger partial charge in [-0.3, -0.25) is 4.57 Å². The normalized spacial score (nSPS) is 12.0. The summed E-state index contributed by atoms with van der Waals surface area (Å²) < 4.78 is 11.3. The number of furan rings is 1. The van der Waals surface area contributed by atoms with E-state index in [1.807, 2.05) is 23.5 Å². The Kier molecular flexibility index (Phi) is 6.47. The number of benzene rings is 8. The lowest BCUT2D eigenvalue weighted by Crippen LogP contribution is -2.03. The number of hydrogen-bond acceptors (Lipinski definition) is 4. The highest BCUT2D eigenvalue weighted by molar-refractivity contribution is 7.26. The minimum absolute atomic E-state index is 0.655. The molecule has 0 atom stereocenters. The summed E-state index contributed by atoms with van der Waals surface area (Å²) in [6, 6.07) is 62.3. The first kappa shape index (κ1) is 30.4. The summed E-state index contributed by atoms with van der Waals surface area (Å²) in [6.45, 7) is 0. The van der Waals surface area contributed by atoms with Crippen LogP contribution in [-0.2, 0) is 0 Å². The molecule has 0 aliphatic heterocycles. The molecule has 5 heteroatoms. The topological polar surface area (TPSA) is 43.9 Å². The van der Waals surface area contributed by atoms with Crippen molar-refractivity contribution >= 4 is 86.2 Å². The molecule has 0 radical (unpaired) electrons. The number of aromatic nitrogens is 3. The molecule has 4 heterocycles. The van der Waals surface area contributed by atoms with Gasteiger partial charge in [-0.15, -0.1) is 11.3 Å². The first-order valence-corrected chi connectivity index (χ1v) is 19.3. The fourth-order valence-corrected chi connectivity index (χ4v) is 9.59. The highest BCUT2D eigenvalue weighted by Crippen LogP contribution is 2.45. The summed E-state index contributed by atoms with van der Waals surface area (Å²) in [5.74, 6) is 0.655. The average Bonchev–Trinajstić information content (AvgIpc) is 3.93. The molecular weight excluding hydrogens is 691 g/mol. The van der Waals surface area contributed by atoms with Crippen LogP contribution < -0.4 is 0 Å². The van der Waals surface area contributed by atoms with Gasteiger partial charge in [0.1, 0.15) is 11.2 Å². The van der Waals surface area contributed by atoms with Gasteiger partial charge in [-0.2, -0.15) is 0 Å². The molecule has 8 aromatic carbocycles. The van der Waals surface area contributed by atoms with Crippen molar-refractivity contribution in [2.75, 3.05) is 0 Å². The zero-order valence-corrected chi connectivity index (χ0v) is 30.2. The maximum atomic E-state index is 6.50. The molecule has 0 unspecified atom stereocenters. The average molecular weight is 720 g/mol. The third-order valence-electron chi connectivity index (χ3n) is 11.0. The molecule has 12 aromatic rings. The molecule has 0 spiro atoms. The lowest BCUT2D eigenvalue weighted by atomic mass is 10.00. The molecule has 12 rings (SSSR count). The molecule has 0 aliphatic carbocycles. The molecule has 55 heavy (non-hydrogen) atoms. The van der Waals surface area contributed by atoms with E-state index in [0.717, 1.165) is 66.3 Å². The molecule has 256 valence electrons. The molecule has 0 saturated heterocycles. The van der Waals surface area contributed by atoms with Gasteiger partial charge in [-0.05, 0) is 53.1 Å². The monoisotopic (exact) mass is 719 g/mol. The third kappa shape index (κ3) is 4.57. The van der Waals surface area contributed by atoms with Crippen molar-refractivity contribution in [1.29, 1.82) is 0 Å². The van der Waals surface area contributed by atoms with Gasteiger partial charge in [0, 0.05) is 58.2 Å². The van der Waals surface area contributed by atoms with Gasteiger partial charge in [0.05, 0.1) is 22.2 Å². The van der Waals surface area contributed by atoms with Gasteiger partial charge in [-0.1, -0.05) is 140 Å². The van der Waals surface area contributed by atoms with Crippen molar-refractivity contribution < 1.29 is 4.42 Å². The zero-order valence-electron chi connectivity index (χ0n) is 29.4. The molecule has 4 nitrogen and oxygen atoms in total. The van der Waals surface area contributed by atoms with E-state index < -0.39 is 0 Å². The van der Waals surface area contributed by atoms with Gasteiger partial charge in [0.15, 0.2) is 0 Å². The maximum Gasteiger partial charge on any atom is 0.235 e. The third-order valence-corrected chi connectivity index (χ3v) is 12.2. The van der Waals surface area contributed by atoms with Crippen LogP contribution in [0.4, 0.5) is 0 Å². The summed E-state index contributed by atoms with van der Waals surface area (Å²) in [6.07, 6.45) is 0. The predicted octanol–water partition coefficient (Wildman–Crippen LogP) is 14.0. The molecule has 0 fully saturated rings. The summed E-state index contributed by atoms with van der Waals surface area (Å²) in [5, 5.41) is 8.05. The summed E-state index contributed by atoms with van der Waals surface area (Å²) in [5.41, 5.74) is 11.5. The molecule has 0 saturated carbocycles. The largest absolute Gasteiger partial charge is 0.455 e. The lowest BCUT2D eigenvalue weighted by Gasteiger charge is -2.13. The molecular formula is C50H29N3OS. The van der Waals surface area contributed by atoms with Crippen LogP contribution >= 0.6 is 11.3 Å². The van der Waals surface area contributed by atoms with Crippen molar-refractivity contribution in [3.05, 3.63) is 176 Å². The van der Waals surface area contributed by atoms with Crippen LogP contribution in [0.2, 0.25) is 0 Å². The molecule has 0 amide bonds. The second-order valence-electron chi connectivity index (χ2n) is 14.1. The van der Waals surface area contributed by atoms with Gasteiger partial charge in [-0.25, -0.2) is 9.97 Å². The first-order chi connectivity index (χ1) is 27.3. The molecule has 0 N–H and O–H groups in total. The van der Waals surface area contributed by atoms with E-state index in [-0.39, 0.29) is 0 Å². The Morgan fingerprint density at radius 1 is 0.455 bits per heavy atom. The number of thiophene rings is 1. The van der Waals surface area contributed by atoms with Crippen molar-refractivity contribution in [1.82, 2.24) is 14.5 Å². The predicted molar refractivity (Wildman–Crippen MR) is 230 cm³/mol. The quantitative estimate of drug-likeness (QED) is 0.182. The van der Waals surface area contributed by atoms with E-state index in [2.05, 4.69) is 168 Å². The van der Waals surface area contributed by atoms with Gasteiger partial charge in [0.25, 0.3) is 0 Å². The van der Waals surface area contributed by atoms with Crippen molar-refractivity contribution in [2.45, 2.75) is 0 Å². The minimum Gasteiger partial charge on any atom is -0.455 e. The molecule has 0 bridgehead atoms. The van der Waals surface area contributed by atoms with Crippen LogP contribution in [0.25, 0.3) is 114 Å². The van der Waals surface area contributed by atoms with Crippen LogP contribution in [0.1, 0.15) is 0 Å². The fraction of sp³-hybridized carbons (Fsp3) is 0. The van der Waals surface area contributed by atoms with Crippen molar-refractivity contribution in [3.8, 4) is 39.5 Å². The Labute approximate surface area is 319 Å². The second-order valence-corrected chi connectivity index (χ2v) is 15.2. The van der Waals surface area contributed by atoms with E-state index in [1.54, 1.807) is 0 Å². The minimum atomic E-state index is 0.655. The first-order valence-electron chi connectivity index (χ1n) is 18.5. The lowest BCUT2D eigenvalue weighted by molar-refractivity contribution is 0.670. The maximum absolute atomic E-state index is 6.50. The summed E-state index contributed by atoms with van der Waals surface area (Å²) >= 11 is 1.83. The van der Waals surface area contributed by atoms with E-state index in [4.69, 9.17) is 14.4 Å². The number of nitrogens with zero attached hydrogens (tertiary/aromatic N) is 3. The van der Waals surface area contributed by atoms with Crippen LogP contribution in [0.5, 0.6) is 0 Å². The van der Waals surface area contributed by atoms with Crippen molar-refractivity contribution in [2.24, 2.45) is 0 Å². The van der Waals surface area contributed by atoms with E-state index in [0.29, 0.717) is 5.95 Å². The van der Waals surface area contributed by atoms with Crippen LogP contribution in [0.3, 0.4) is 0 Å². The van der Waals surface area contributed by atoms with Crippen molar-refractivity contribution in [3.63, 3.8) is 0 Å². The Bertz CT molecular complexity index is 3480. The SMILES string of the molecule is c1ccc(-c2ccc(-c3nc(-n4c5ccccc5c5ccc6sc7ccc(-c8cccc9c8oc8ccccc89)cc7c6c54)nc4ccccc34)cc2)cc1. The van der Waals surface area contributed by atoms with Crippen LogP contribution in [-0.4, -0.2) is 14.5 Å². The summed E-state index contributed by atoms with van der Waals surface area (Å²) in [4.78, 5) is 10.8. The van der Waals surface area contributed by atoms with Gasteiger partial charge >= 0.3 is 0 Å². The Morgan fingerprint density at radius 2 is 1.15 bits per heavy atom. The zero-order chi connectivity index (χ0) is 36.0.